The monoisotopic (exact) mass is 215 g/mol. The van der Waals surface area contributed by atoms with Gasteiger partial charge in [0, 0.05) is 18.8 Å². The van der Waals surface area contributed by atoms with Crippen molar-refractivity contribution in [2.45, 2.75) is 32.6 Å². The molecule has 1 aliphatic heterocycles. The van der Waals surface area contributed by atoms with Crippen molar-refractivity contribution in [1.29, 1.82) is 0 Å². The van der Waals surface area contributed by atoms with Crippen LogP contribution in [-0.4, -0.2) is 18.0 Å². The Bertz CT molecular complexity index is 352. The molecule has 0 aromatic rings. The molecule has 1 heterocycles. The Kier molecular flexibility index (Phi) is 3.66. The van der Waals surface area contributed by atoms with Crippen molar-refractivity contribution >= 4 is 0 Å². The highest BCUT2D eigenvalue weighted by Gasteiger charge is 2.19. The van der Waals surface area contributed by atoms with E-state index in [4.69, 9.17) is 0 Å². The number of nitrogens with zero attached hydrogens (tertiary/aromatic N) is 1. The summed E-state index contributed by atoms with van der Waals surface area (Å²) < 4.78 is 0. The van der Waals surface area contributed by atoms with Gasteiger partial charge in [0.1, 0.15) is 0 Å². The highest BCUT2D eigenvalue weighted by atomic mass is 15.1. The van der Waals surface area contributed by atoms with Gasteiger partial charge in [-0.15, -0.1) is 0 Å². The van der Waals surface area contributed by atoms with Gasteiger partial charge in [0.25, 0.3) is 0 Å². The van der Waals surface area contributed by atoms with Crippen molar-refractivity contribution in [3.63, 3.8) is 0 Å². The van der Waals surface area contributed by atoms with E-state index >= 15 is 0 Å². The van der Waals surface area contributed by atoms with Crippen molar-refractivity contribution < 1.29 is 0 Å². The number of likely N-dealkylation sites (tertiary alicyclic amines) is 1. The van der Waals surface area contributed by atoms with Crippen molar-refractivity contribution in [2.24, 2.45) is 0 Å². The lowest BCUT2D eigenvalue weighted by Gasteiger charge is -2.26. The van der Waals surface area contributed by atoms with E-state index in [1.165, 1.54) is 49.2 Å². The van der Waals surface area contributed by atoms with Crippen LogP contribution in [0.5, 0.6) is 0 Å². The molecule has 0 N–H and O–H groups in total. The van der Waals surface area contributed by atoms with Gasteiger partial charge in [-0.25, -0.2) is 0 Å². The Balaban J connectivity index is 2.18. The van der Waals surface area contributed by atoms with Gasteiger partial charge in [0.15, 0.2) is 0 Å². The first kappa shape index (κ1) is 11.3. The van der Waals surface area contributed by atoms with Gasteiger partial charge in [-0.3, -0.25) is 0 Å². The molecule has 0 bridgehead atoms. The maximum Gasteiger partial charge on any atom is 0.0175 e. The predicted molar refractivity (Wildman–Crippen MR) is 70.2 cm³/mol. The fourth-order valence-corrected chi connectivity index (χ4v) is 2.60. The molecule has 16 heavy (non-hydrogen) atoms. The molecule has 0 radical (unpaired) electrons. The summed E-state index contributed by atoms with van der Waals surface area (Å²) in [6.45, 7) is 8.41. The normalized spacial score (nSPS) is 26.3. The largest absolute Gasteiger partial charge is 0.375 e. The van der Waals surface area contributed by atoms with E-state index in [1.54, 1.807) is 0 Å². The Hall–Kier alpha value is -1.24. The van der Waals surface area contributed by atoms with Crippen LogP contribution in [0.2, 0.25) is 0 Å². The molecular formula is C15H21N. The molecule has 1 aliphatic carbocycles. The predicted octanol–water partition coefficient (Wildman–Crippen LogP) is 3.82. The lowest BCUT2D eigenvalue weighted by molar-refractivity contribution is 0.405. The molecule has 0 spiro atoms. The van der Waals surface area contributed by atoms with Crippen LogP contribution in [0, 0.1) is 0 Å². The maximum atomic E-state index is 3.79. The Morgan fingerprint density at radius 3 is 2.62 bits per heavy atom. The zero-order chi connectivity index (χ0) is 11.4. The van der Waals surface area contributed by atoms with Crippen molar-refractivity contribution in [3.8, 4) is 0 Å². The minimum absolute atomic E-state index is 1.16. The molecule has 0 atom stereocenters. The van der Waals surface area contributed by atoms with E-state index in [2.05, 4.69) is 36.6 Å². The van der Waals surface area contributed by atoms with Crippen LogP contribution < -0.4 is 0 Å². The molecule has 0 saturated carbocycles. The highest BCUT2D eigenvalue weighted by Crippen LogP contribution is 2.31. The van der Waals surface area contributed by atoms with Crippen LogP contribution in [0.3, 0.4) is 0 Å². The molecule has 1 saturated heterocycles. The number of rotatable bonds is 2. The summed E-state index contributed by atoms with van der Waals surface area (Å²) in [7, 11) is 0. The zero-order valence-electron chi connectivity index (χ0n) is 10.2. The van der Waals surface area contributed by atoms with E-state index in [9.17, 15) is 0 Å². The van der Waals surface area contributed by atoms with Gasteiger partial charge >= 0.3 is 0 Å². The number of hydrogen-bond donors (Lipinski definition) is 0. The summed E-state index contributed by atoms with van der Waals surface area (Å²) in [6, 6.07) is 0. The molecule has 0 aromatic heterocycles. The van der Waals surface area contributed by atoms with Crippen LogP contribution >= 0.6 is 0 Å². The summed E-state index contributed by atoms with van der Waals surface area (Å²) in [4.78, 5) is 2.55. The van der Waals surface area contributed by atoms with Gasteiger partial charge < -0.3 is 4.90 Å². The Morgan fingerprint density at radius 1 is 1.25 bits per heavy atom. The van der Waals surface area contributed by atoms with Crippen LogP contribution in [0.25, 0.3) is 0 Å². The number of hydrogen-bond acceptors (Lipinski definition) is 1. The second-order valence-corrected chi connectivity index (χ2v) is 4.50. The molecule has 86 valence electrons. The van der Waals surface area contributed by atoms with E-state index in [-0.39, 0.29) is 0 Å². The number of allylic oxidation sites excluding steroid dienone is 7. The molecule has 0 unspecified atom stereocenters. The maximum absolute atomic E-state index is 3.79. The Morgan fingerprint density at radius 2 is 2.00 bits per heavy atom. The molecular weight excluding hydrogens is 194 g/mol. The molecule has 1 fully saturated rings. The van der Waals surface area contributed by atoms with Gasteiger partial charge in [-0.2, -0.15) is 0 Å². The molecule has 2 aliphatic rings. The van der Waals surface area contributed by atoms with Crippen molar-refractivity contribution in [2.75, 3.05) is 13.1 Å². The van der Waals surface area contributed by atoms with E-state index in [1.807, 2.05) is 6.08 Å². The smallest absolute Gasteiger partial charge is 0.0175 e. The van der Waals surface area contributed by atoms with Gasteiger partial charge in [0.2, 0.25) is 0 Å². The first-order valence-corrected chi connectivity index (χ1v) is 6.29. The summed E-state index contributed by atoms with van der Waals surface area (Å²) in [6.07, 6.45) is 13.7. The topological polar surface area (TPSA) is 3.24 Å². The van der Waals surface area contributed by atoms with Gasteiger partial charge in [-0.1, -0.05) is 24.8 Å². The van der Waals surface area contributed by atoms with E-state index in [0.29, 0.717) is 0 Å². The van der Waals surface area contributed by atoms with Crippen molar-refractivity contribution in [3.05, 3.63) is 47.7 Å². The van der Waals surface area contributed by atoms with Crippen LogP contribution in [0.4, 0.5) is 0 Å². The minimum Gasteiger partial charge on any atom is -0.375 e. The van der Waals surface area contributed by atoms with Crippen molar-refractivity contribution in [1.82, 2.24) is 4.90 Å². The fourth-order valence-electron chi connectivity index (χ4n) is 2.60. The zero-order valence-corrected chi connectivity index (χ0v) is 10.2. The fraction of sp³-hybridized carbons (Fsp3) is 0.467. The molecule has 1 nitrogen and oxygen atoms in total. The minimum atomic E-state index is 1.16. The summed E-state index contributed by atoms with van der Waals surface area (Å²) in [5, 5.41) is 0. The molecule has 0 aromatic carbocycles. The highest BCUT2D eigenvalue weighted by molar-refractivity contribution is 5.45. The van der Waals surface area contributed by atoms with E-state index in [0.717, 1.165) is 6.42 Å². The van der Waals surface area contributed by atoms with Gasteiger partial charge in [-0.05, 0) is 49.8 Å². The lowest BCUT2D eigenvalue weighted by Crippen LogP contribution is -2.20. The molecule has 0 amide bonds. The average Bonchev–Trinajstić information content (AvgIpc) is 2.83. The first-order chi connectivity index (χ1) is 7.85. The average molecular weight is 215 g/mol. The third-order valence-corrected chi connectivity index (χ3v) is 3.49. The second-order valence-electron chi connectivity index (χ2n) is 4.50. The van der Waals surface area contributed by atoms with Crippen LogP contribution in [0.15, 0.2) is 47.7 Å². The standard InChI is InChI=1S/C15H21N/c1-3-7-14-8-9-15(12-13(14)4-2)16-10-5-6-11-16/h3-4,7,12H,1,5-6,8-11H2,2H3/b13-4-,14-7-. The summed E-state index contributed by atoms with van der Waals surface area (Å²) in [5.74, 6) is 0. The summed E-state index contributed by atoms with van der Waals surface area (Å²) in [5.41, 5.74) is 4.35. The van der Waals surface area contributed by atoms with Crippen LogP contribution in [0.1, 0.15) is 32.6 Å². The summed E-state index contributed by atoms with van der Waals surface area (Å²) >= 11 is 0. The van der Waals surface area contributed by atoms with Gasteiger partial charge in [0.05, 0.1) is 0 Å². The van der Waals surface area contributed by atoms with E-state index < -0.39 is 0 Å². The third-order valence-electron chi connectivity index (χ3n) is 3.49. The SMILES string of the molecule is C=C/C=C1/CCC(N2CCCC2)=C/C1=C/C. The molecule has 1 heteroatoms. The second kappa shape index (κ2) is 5.20. The molecule has 2 rings (SSSR count). The third kappa shape index (κ3) is 2.29. The Labute approximate surface area is 98.8 Å². The quantitative estimate of drug-likeness (QED) is 0.677. The first-order valence-electron chi connectivity index (χ1n) is 6.29. The lowest BCUT2D eigenvalue weighted by atomic mass is 9.92. The van der Waals surface area contributed by atoms with Crippen LogP contribution in [-0.2, 0) is 0 Å².